The number of benzene rings is 2. The molecular weight excluding hydrogens is 633 g/mol. The van der Waals surface area contributed by atoms with Gasteiger partial charge < -0.3 is 19.1 Å². The third-order valence-corrected chi connectivity index (χ3v) is 8.95. The lowest BCUT2D eigenvalue weighted by Gasteiger charge is -2.27. The van der Waals surface area contributed by atoms with Crippen molar-refractivity contribution >= 4 is 39.7 Å². The number of fused-ring (bicyclic) bond motifs is 1. The Labute approximate surface area is 269 Å². The van der Waals surface area contributed by atoms with Gasteiger partial charge in [0.05, 0.1) is 62.6 Å². The second-order valence-electron chi connectivity index (χ2n) is 10.4. The van der Waals surface area contributed by atoms with Crippen LogP contribution >= 0.6 is 22.7 Å². The average Bonchev–Trinajstić information content (AvgIpc) is 3.79. The molecule has 0 spiro atoms. The Morgan fingerprint density at radius 2 is 1.96 bits per heavy atom. The third-order valence-electron chi connectivity index (χ3n) is 7.38. The highest BCUT2D eigenvalue weighted by Crippen LogP contribution is 2.29. The van der Waals surface area contributed by atoms with Gasteiger partial charge in [0.25, 0.3) is 0 Å². The van der Waals surface area contributed by atoms with Crippen LogP contribution in [0, 0.1) is 23.5 Å². The molecule has 0 bridgehead atoms. The van der Waals surface area contributed by atoms with E-state index in [-0.39, 0.29) is 47.4 Å². The van der Waals surface area contributed by atoms with Crippen molar-refractivity contribution in [1.82, 2.24) is 24.5 Å². The molecule has 230 valence electrons. The summed E-state index contributed by atoms with van der Waals surface area (Å²) < 4.78 is 44.3. The summed E-state index contributed by atoms with van der Waals surface area (Å²) in [5.74, 6) is 4.47. The molecule has 4 aromatic heterocycles. The first-order chi connectivity index (χ1) is 22.4. The summed E-state index contributed by atoms with van der Waals surface area (Å²) in [6.07, 6.45) is 4.15. The van der Waals surface area contributed by atoms with Gasteiger partial charge in [-0.2, -0.15) is 0 Å². The lowest BCUT2D eigenvalue weighted by atomic mass is 10.0. The van der Waals surface area contributed by atoms with Crippen LogP contribution in [0.2, 0.25) is 0 Å². The van der Waals surface area contributed by atoms with Gasteiger partial charge in [0.15, 0.2) is 0 Å². The average molecular weight is 656 g/mol. The van der Waals surface area contributed by atoms with E-state index in [0.717, 1.165) is 28.3 Å². The number of rotatable bonds is 9. The number of thiazole rings is 2. The predicted molar refractivity (Wildman–Crippen MR) is 168 cm³/mol. The number of aromatic nitrogens is 5. The molecular formula is C33H23F2N5O4S2. The van der Waals surface area contributed by atoms with Gasteiger partial charge in [-0.1, -0.05) is 6.07 Å². The van der Waals surface area contributed by atoms with E-state index in [1.807, 2.05) is 4.57 Å². The molecule has 0 radical (unpaired) electrons. The lowest BCUT2D eigenvalue weighted by Crippen LogP contribution is -2.31. The van der Waals surface area contributed by atoms with Crippen molar-refractivity contribution in [3.8, 4) is 29.0 Å². The Hall–Kier alpha value is -5.03. The summed E-state index contributed by atoms with van der Waals surface area (Å²) in [5.41, 5.74) is 3.31. The fourth-order valence-electron chi connectivity index (χ4n) is 4.98. The second-order valence-corrected chi connectivity index (χ2v) is 12.4. The summed E-state index contributed by atoms with van der Waals surface area (Å²) in [7, 11) is 0. The first-order valence-electron chi connectivity index (χ1n) is 14.2. The Bertz CT molecular complexity index is 2130. The molecule has 0 aliphatic carbocycles. The molecule has 0 amide bonds. The van der Waals surface area contributed by atoms with Crippen LogP contribution in [0.3, 0.4) is 0 Å². The Balaban J connectivity index is 1.09. The van der Waals surface area contributed by atoms with Gasteiger partial charge in [-0.15, -0.1) is 22.7 Å². The Kier molecular flexibility index (Phi) is 8.23. The van der Waals surface area contributed by atoms with Crippen molar-refractivity contribution in [2.24, 2.45) is 0 Å². The molecule has 1 N–H and O–H groups in total. The lowest BCUT2D eigenvalue weighted by molar-refractivity contribution is -0.0589. The highest BCUT2D eigenvalue weighted by atomic mass is 32.1. The van der Waals surface area contributed by atoms with E-state index in [1.54, 1.807) is 48.2 Å². The number of nitrogens with zero attached hydrogens (tertiary/aromatic N) is 5. The van der Waals surface area contributed by atoms with E-state index in [9.17, 15) is 9.90 Å². The minimum atomic E-state index is -1.06. The van der Waals surface area contributed by atoms with Crippen LogP contribution in [-0.4, -0.2) is 48.3 Å². The number of carbonyl (C=O) groups is 1. The van der Waals surface area contributed by atoms with E-state index in [2.05, 4.69) is 31.8 Å². The summed E-state index contributed by atoms with van der Waals surface area (Å²) in [6, 6.07) is 11.8. The molecule has 1 saturated heterocycles. The van der Waals surface area contributed by atoms with Crippen molar-refractivity contribution in [3.05, 3.63) is 110 Å². The molecule has 1 aliphatic heterocycles. The number of ether oxygens (including phenoxy) is 2. The normalized spacial score (nSPS) is 14.1. The maximum atomic E-state index is 15.5. The zero-order valence-corrected chi connectivity index (χ0v) is 25.6. The van der Waals surface area contributed by atoms with Crippen molar-refractivity contribution in [1.29, 1.82) is 0 Å². The Morgan fingerprint density at radius 3 is 2.74 bits per heavy atom. The molecule has 2 aromatic carbocycles. The van der Waals surface area contributed by atoms with Gasteiger partial charge in [0.2, 0.25) is 5.88 Å². The van der Waals surface area contributed by atoms with Crippen LogP contribution in [0.15, 0.2) is 66.4 Å². The SMILES string of the molecule is O=C(O)c1ccc2nc(Cc3cc(F)c(-c4cccc(OCc5ncc(C#Cc6cncs6)s5)n4)cc3F)n(C[C@@H]3CCO3)c2c1. The minimum absolute atomic E-state index is 0.00614. The summed E-state index contributed by atoms with van der Waals surface area (Å²) in [5, 5.41) is 10.2. The zero-order chi connectivity index (χ0) is 31.6. The number of halogens is 2. The van der Waals surface area contributed by atoms with Crippen LogP contribution in [0.4, 0.5) is 8.78 Å². The molecule has 5 heterocycles. The van der Waals surface area contributed by atoms with Crippen molar-refractivity contribution in [3.63, 3.8) is 0 Å². The van der Waals surface area contributed by atoms with Gasteiger partial charge in [-0.05, 0) is 60.2 Å². The molecule has 1 fully saturated rings. The molecule has 6 aromatic rings. The monoisotopic (exact) mass is 655 g/mol. The minimum Gasteiger partial charge on any atom is -0.478 e. The summed E-state index contributed by atoms with van der Waals surface area (Å²) in [4.78, 5) is 30.6. The smallest absolute Gasteiger partial charge is 0.335 e. The highest BCUT2D eigenvalue weighted by Gasteiger charge is 2.24. The molecule has 1 atom stereocenters. The number of aromatic carboxylic acids is 1. The molecule has 1 aliphatic rings. The maximum absolute atomic E-state index is 15.5. The van der Waals surface area contributed by atoms with E-state index < -0.39 is 17.6 Å². The molecule has 7 rings (SSSR count). The van der Waals surface area contributed by atoms with Crippen LogP contribution in [0.5, 0.6) is 5.88 Å². The van der Waals surface area contributed by atoms with Gasteiger partial charge in [-0.3, -0.25) is 4.98 Å². The van der Waals surface area contributed by atoms with Crippen LogP contribution in [0.1, 0.15) is 42.9 Å². The van der Waals surface area contributed by atoms with Crippen molar-refractivity contribution in [2.45, 2.75) is 32.1 Å². The molecule has 0 unspecified atom stereocenters. The summed E-state index contributed by atoms with van der Waals surface area (Å²) >= 11 is 2.85. The second kappa shape index (κ2) is 12.8. The number of pyridine rings is 1. The Morgan fingerprint density at radius 1 is 1.09 bits per heavy atom. The number of hydrogen-bond acceptors (Lipinski definition) is 9. The number of hydrogen-bond donors (Lipinski definition) is 1. The van der Waals surface area contributed by atoms with Crippen LogP contribution in [-0.2, 0) is 24.3 Å². The molecule has 9 nitrogen and oxygen atoms in total. The van der Waals surface area contributed by atoms with Gasteiger partial charge >= 0.3 is 5.97 Å². The summed E-state index contributed by atoms with van der Waals surface area (Å²) in [6.45, 7) is 1.21. The predicted octanol–water partition coefficient (Wildman–Crippen LogP) is 6.35. The standard InChI is InChI=1S/C33H23F2N5O4S2/c34-25-13-24(27-2-1-3-31(39-27)44-17-32-37-15-23(46-32)6-5-22-14-36-18-45-22)26(35)10-20(25)12-30-38-28-7-4-19(33(41)42)11-29(28)40(30)16-21-8-9-43-21/h1-4,7,10-11,13-15,18,21H,8-9,12,16-17H2,(H,41,42)/t21-/m0/s1. The third kappa shape index (κ3) is 6.36. The van der Waals surface area contributed by atoms with E-state index >= 15 is 8.78 Å². The van der Waals surface area contributed by atoms with Gasteiger partial charge in [0, 0.05) is 24.7 Å². The fourth-order valence-corrected chi connectivity index (χ4v) is 6.13. The van der Waals surface area contributed by atoms with Gasteiger partial charge in [0.1, 0.15) is 29.1 Å². The molecule has 46 heavy (non-hydrogen) atoms. The van der Waals surface area contributed by atoms with Gasteiger partial charge in [-0.25, -0.2) is 28.5 Å². The van der Waals surface area contributed by atoms with E-state index in [4.69, 9.17) is 9.47 Å². The fraction of sp³-hybridized carbons (Fsp3) is 0.182. The van der Waals surface area contributed by atoms with E-state index in [1.165, 1.54) is 28.7 Å². The molecule has 0 saturated carbocycles. The van der Waals surface area contributed by atoms with Crippen LogP contribution < -0.4 is 4.74 Å². The zero-order valence-electron chi connectivity index (χ0n) is 23.9. The largest absolute Gasteiger partial charge is 0.478 e. The topological polar surface area (TPSA) is 112 Å². The quantitative estimate of drug-likeness (QED) is 0.180. The highest BCUT2D eigenvalue weighted by molar-refractivity contribution is 7.12. The molecule has 13 heteroatoms. The van der Waals surface area contributed by atoms with Crippen molar-refractivity contribution < 1.29 is 28.2 Å². The maximum Gasteiger partial charge on any atom is 0.335 e. The first-order valence-corrected chi connectivity index (χ1v) is 15.9. The van der Waals surface area contributed by atoms with E-state index in [0.29, 0.717) is 35.0 Å². The number of imidazole rings is 1. The number of carboxylic acid groups (broad SMARTS) is 1. The first kappa shape index (κ1) is 29.7. The number of carboxylic acids is 1. The van der Waals surface area contributed by atoms with Crippen molar-refractivity contribution in [2.75, 3.05) is 6.61 Å². The van der Waals surface area contributed by atoms with Crippen LogP contribution in [0.25, 0.3) is 22.3 Å².